The van der Waals surface area contributed by atoms with Gasteiger partial charge in [-0.3, -0.25) is 15.2 Å². The number of anilines is 2. The molecule has 1 N–H and O–H groups in total. The van der Waals surface area contributed by atoms with Gasteiger partial charge in [-0.2, -0.15) is 9.97 Å². The Kier molecular flexibility index (Phi) is 9.54. The lowest BCUT2D eigenvalue weighted by atomic mass is 9.95. The summed E-state index contributed by atoms with van der Waals surface area (Å²) in [5, 5.41) is 2.90. The second-order valence-electron chi connectivity index (χ2n) is 15.7. The Morgan fingerprint density at radius 1 is 0.981 bits per heavy atom. The van der Waals surface area contributed by atoms with Crippen molar-refractivity contribution in [2.75, 3.05) is 56.1 Å². The van der Waals surface area contributed by atoms with Gasteiger partial charge in [0.2, 0.25) is 0 Å². The average Bonchev–Trinajstić information content (AvgIpc) is 3.75. The number of ether oxygens (including phenoxy) is 3. The lowest BCUT2D eigenvalue weighted by molar-refractivity contribution is 0.0240. The van der Waals surface area contributed by atoms with Gasteiger partial charge in [0.15, 0.2) is 10.9 Å². The number of piperazine rings is 1. The lowest BCUT2D eigenvalue weighted by Crippen LogP contribution is -2.50. The Bertz CT molecular complexity index is 2060. The predicted octanol–water partition coefficient (Wildman–Crippen LogP) is 6.94. The molecule has 13 nitrogen and oxygen atoms in total. The first-order valence-corrected chi connectivity index (χ1v) is 18.5. The van der Waals surface area contributed by atoms with Gasteiger partial charge in [0.1, 0.15) is 46.8 Å². The van der Waals surface area contributed by atoms with E-state index in [0.29, 0.717) is 50.3 Å². The molecule has 3 aliphatic rings. The maximum absolute atomic E-state index is 16.9. The molecule has 2 amide bonds. The maximum atomic E-state index is 16.9. The number of alkyl halides is 1. The lowest BCUT2D eigenvalue weighted by Gasteiger charge is -2.36. The number of thiazole rings is 1. The number of carbonyl (C=O) groups excluding carboxylic acids is 2. The summed E-state index contributed by atoms with van der Waals surface area (Å²) >= 11 is 0.883. The van der Waals surface area contributed by atoms with Crippen LogP contribution in [0.4, 0.5) is 33.7 Å². The van der Waals surface area contributed by atoms with Crippen molar-refractivity contribution in [3.63, 3.8) is 0 Å². The molecule has 3 aromatic heterocycles. The molecular formula is C36H43F3N8O5S. The number of benzene rings is 1. The van der Waals surface area contributed by atoms with Gasteiger partial charge in [0.05, 0.1) is 21.1 Å². The van der Waals surface area contributed by atoms with Crippen molar-refractivity contribution in [3.8, 4) is 17.3 Å². The fraction of sp³-hybridized carbons (Fsp3) is 0.556. The molecule has 0 aliphatic carbocycles. The van der Waals surface area contributed by atoms with Crippen LogP contribution in [0.2, 0.25) is 0 Å². The van der Waals surface area contributed by atoms with E-state index in [-0.39, 0.29) is 44.7 Å². The molecule has 1 aromatic carbocycles. The molecule has 0 unspecified atom stereocenters. The quantitative estimate of drug-likeness (QED) is 0.219. The number of aromatic nitrogens is 4. The summed E-state index contributed by atoms with van der Waals surface area (Å²) in [5.41, 5.74) is -1.85. The highest BCUT2D eigenvalue weighted by atomic mass is 32.1. The molecule has 284 valence electrons. The van der Waals surface area contributed by atoms with E-state index in [9.17, 15) is 14.0 Å². The van der Waals surface area contributed by atoms with Crippen LogP contribution in [0.5, 0.6) is 6.01 Å². The number of hydrogen-bond donors (Lipinski definition) is 1. The van der Waals surface area contributed by atoms with Crippen LogP contribution in [-0.4, -0.2) is 111 Å². The second kappa shape index (κ2) is 13.7. The van der Waals surface area contributed by atoms with E-state index in [1.54, 1.807) is 46.4 Å². The Morgan fingerprint density at radius 3 is 2.43 bits per heavy atom. The van der Waals surface area contributed by atoms with Crippen LogP contribution in [0.3, 0.4) is 0 Å². The summed E-state index contributed by atoms with van der Waals surface area (Å²) in [7, 11) is 0. The Hall–Kier alpha value is -4.51. The number of carbonyl (C=O) groups is 2. The number of fused-ring (bicyclic) bond motifs is 3. The number of rotatable bonds is 6. The summed E-state index contributed by atoms with van der Waals surface area (Å²) in [6, 6.07) is 2.49. The van der Waals surface area contributed by atoms with Crippen LogP contribution in [-0.2, 0) is 9.47 Å². The number of hydrogen-bond acceptors (Lipinski definition) is 12. The highest BCUT2D eigenvalue weighted by Crippen LogP contribution is 2.41. The Labute approximate surface area is 308 Å². The van der Waals surface area contributed by atoms with Gasteiger partial charge in [-0.05, 0) is 73.1 Å². The van der Waals surface area contributed by atoms with E-state index in [0.717, 1.165) is 30.7 Å². The van der Waals surface area contributed by atoms with Crippen molar-refractivity contribution < 1.29 is 37.0 Å². The third-order valence-electron chi connectivity index (χ3n) is 9.46. The first kappa shape index (κ1) is 36.8. The van der Waals surface area contributed by atoms with Gasteiger partial charge >= 0.3 is 18.2 Å². The smallest absolute Gasteiger partial charge is 0.413 e. The standard InChI is InChI=1S/C36H43F3N8O5S/c1-34(2,3)51-32(48)44-31-42-27-21(8-9-23(38)28(27)53-31)25-24(39)26-22(17-40-25)29(45-12-14-46(15-13-45)33(49)52-35(4,5)6)43-30(41-26)50-19-36-10-7-11-47(36)18-20(37)16-36/h8-9,17,20H,7,10-16,18-19H2,1-6H3,(H,42,44,48)/t20-,36+/m1/s1. The van der Waals surface area contributed by atoms with E-state index >= 15 is 8.78 Å². The van der Waals surface area contributed by atoms with Crippen LogP contribution in [0.25, 0.3) is 32.4 Å². The van der Waals surface area contributed by atoms with Crippen LogP contribution < -0.4 is 15.0 Å². The molecule has 3 saturated heterocycles. The second-order valence-corrected chi connectivity index (χ2v) is 16.7. The summed E-state index contributed by atoms with van der Waals surface area (Å²) in [6.07, 6.45) is 1.32. The van der Waals surface area contributed by atoms with E-state index < -0.39 is 46.7 Å². The third kappa shape index (κ3) is 7.63. The minimum atomic E-state index is -0.961. The molecule has 3 aliphatic heterocycles. The minimum absolute atomic E-state index is 0.0652. The van der Waals surface area contributed by atoms with E-state index in [4.69, 9.17) is 19.2 Å². The third-order valence-corrected chi connectivity index (χ3v) is 10.4. The Balaban J connectivity index is 1.25. The SMILES string of the molecule is CC(C)(C)OC(=O)Nc1nc2c(-c3ncc4c(N5CCN(C(=O)OC(C)(C)C)CC5)nc(OC[C@@]56CCCN5C[C@H](F)C6)nc4c3F)ccc(F)c2s1. The maximum Gasteiger partial charge on any atom is 0.413 e. The van der Waals surface area contributed by atoms with Crippen LogP contribution in [0.1, 0.15) is 60.8 Å². The first-order valence-electron chi connectivity index (χ1n) is 17.7. The molecule has 4 aromatic rings. The van der Waals surface area contributed by atoms with Crippen LogP contribution >= 0.6 is 11.3 Å². The van der Waals surface area contributed by atoms with E-state index in [2.05, 4.69) is 25.2 Å². The molecule has 7 rings (SSSR count). The molecule has 0 radical (unpaired) electrons. The molecule has 17 heteroatoms. The van der Waals surface area contributed by atoms with Crippen molar-refractivity contribution >= 4 is 55.6 Å². The fourth-order valence-electron chi connectivity index (χ4n) is 7.20. The largest absolute Gasteiger partial charge is 0.461 e. The number of halogens is 3. The van der Waals surface area contributed by atoms with Gasteiger partial charge in [0, 0.05) is 50.9 Å². The van der Waals surface area contributed by atoms with Crippen LogP contribution in [0, 0.1) is 11.6 Å². The predicted molar refractivity (Wildman–Crippen MR) is 194 cm³/mol. The van der Waals surface area contributed by atoms with Crippen molar-refractivity contribution in [1.82, 2.24) is 29.7 Å². The first-order chi connectivity index (χ1) is 25.0. The highest BCUT2D eigenvalue weighted by Gasteiger charge is 2.49. The van der Waals surface area contributed by atoms with Gasteiger partial charge in [-0.1, -0.05) is 11.3 Å². The molecule has 0 saturated carbocycles. The molecular weight excluding hydrogens is 714 g/mol. The number of amides is 2. The van der Waals surface area contributed by atoms with Crippen molar-refractivity contribution in [3.05, 3.63) is 30.0 Å². The summed E-state index contributed by atoms with van der Waals surface area (Å²) in [4.78, 5) is 49.0. The van der Waals surface area contributed by atoms with Gasteiger partial charge in [-0.25, -0.2) is 27.7 Å². The molecule has 0 bridgehead atoms. The number of nitrogens with zero attached hydrogens (tertiary/aromatic N) is 7. The fourth-order valence-corrected chi connectivity index (χ4v) is 8.08. The zero-order chi connectivity index (χ0) is 37.9. The normalized spacial score (nSPS) is 21.0. The molecule has 3 fully saturated rings. The van der Waals surface area contributed by atoms with E-state index in [1.165, 1.54) is 18.3 Å². The monoisotopic (exact) mass is 756 g/mol. The minimum Gasteiger partial charge on any atom is -0.461 e. The van der Waals surface area contributed by atoms with Crippen molar-refractivity contribution in [1.29, 1.82) is 0 Å². The van der Waals surface area contributed by atoms with E-state index in [1.807, 2.05) is 4.90 Å². The summed E-state index contributed by atoms with van der Waals surface area (Å²) in [5.74, 6) is -1.05. The molecule has 0 spiro atoms. The number of nitrogens with one attached hydrogen (secondary N) is 1. The van der Waals surface area contributed by atoms with Gasteiger partial charge < -0.3 is 24.0 Å². The topological polar surface area (TPSA) is 135 Å². The number of pyridine rings is 1. The van der Waals surface area contributed by atoms with Crippen LogP contribution in [0.15, 0.2) is 18.3 Å². The molecule has 2 atom stereocenters. The average molecular weight is 757 g/mol. The van der Waals surface area contributed by atoms with Gasteiger partial charge in [0.25, 0.3) is 0 Å². The molecule has 53 heavy (non-hydrogen) atoms. The van der Waals surface area contributed by atoms with Crippen molar-refractivity contribution in [2.24, 2.45) is 0 Å². The zero-order valence-corrected chi connectivity index (χ0v) is 31.4. The van der Waals surface area contributed by atoms with Gasteiger partial charge in [-0.15, -0.1) is 0 Å². The zero-order valence-electron chi connectivity index (χ0n) is 30.6. The summed E-state index contributed by atoms with van der Waals surface area (Å²) in [6.45, 7) is 13.2. The highest BCUT2D eigenvalue weighted by molar-refractivity contribution is 7.22. The Morgan fingerprint density at radius 2 is 1.72 bits per heavy atom. The van der Waals surface area contributed by atoms with Crippen molar-refractivity contribution in [2.45, 2.75) is 83.7 Å². The molecule has 6 heterocycles. The summed E-state index contributed by atoms with van der Waals surface area (Å²) < 4.78 is 63.7.